The molecule has 1 aromatic rings. The summed E-state index contributed by atoms with van der Waals surface area (Å²) < 4.78 is 0. The van der Waals surface area contributed by atoms with E-state index in [4.69, 9.17) is 0 Å². The number of carbonyl (C=O) groups is 1. The molecule has 1 atom stereocenters. The highest BCUT2D eigenvalue weighted by Gasteiger charge is 2.22. The van der Waals surface area contributed by atoms with Crippen molar-refractivity contribution in [1.82, 2.24) is 10.6 Å². The predicted octanol–water partition coefficient (Wildman–Crippen LogP) is 2.64. The third kappa shape index (κ3) is 5.03. The Morgan fingerprint density at radius 3 is 2.53 bits per heavy atom. The number of carbonyl (C=O) groups excluding carboxylic acids is 1. The molecular formula is C16H24N2O. The molecule has 3 heteroatoms. The molecule has 1 saturated carbocycles. The number of nitrogens with one attached hydrogen (secondary N) is 2. The van der Waals surface area contributed by atoms with Crippen molar-refractivity contribution in [3.63, 3.8) is 0 Å². The molecule has 1 aliphatic carbocycles. The molecule has 0 radical (unpaired) electrons. The summed E-state index contributed by atoms with van der Waals surface area (Å²) in [5, 5.41) is 6.40. The van der Waals surface area contributed by atoms with E-state index in [1.54, 1.807) is 0 Å². The first-order chi connectivity index (χ1) is 9.15. The molecule has 19 heavy (non-hydrogen) atoms. The van der Waals surface area contributed by atoms with Crippen molar-refractivity contribution in [1.29, 1.82) is 0 Å². The number of amides is 1. The molecule has 0 heterocycles. The first kappa shape index (κ1) is 14.1. The molecule has 3 nitrogen and oxygen atoms in total. The lowest BCUT2D eigenvalue weighted by Crippen LogP contribution is -2.37. The monoisotopic (exact) mass is 260 g/mol. The first-order valence-corrected chi connectivity index (χ1v) is 7.23. The minimum atomic E-state index is 0.0985. The van der Waals surface area contributed by atoms with Crippen molar-refractivity contribution in [3.8, 4) is 0 Å². The van der Waals surface area contributed by atoms with E-state index < -0.39 is 0 Å². The fraction of sp³-hybridized carbons (Fsp3) is 0.562. The second-order valence-electron chi connectivity index (χ2n) is 5.82. The Balaban J connectivity index is 1.90. The molecule has 104 valence electrons. The van der Waals surface area contributed by atoms with E-state index >= 15 is 0 Å². The van der Waals surface area contributed by atoms with Gasteiger partial charge in [0.25, 0.3) is 0 Å². The summed E-state index contributed by atoms with van der Waals surface area (Å²) in [6, 6.07) is 10.9. The van der Waals surface area contributed by atoms with Crippen molar-refractivity contribution in [2.75, 3.05) is 6.54 Å². The summed E-state index contributed by atoms with van der Waals surface area (Å²) in [6.07, 6.45) is 3.39. The lowest BCUT2D eigenvalue weighted by atomic mass is 9.97. The van der Waals surface area contributed by atoms with Crippen LogP contribution in [-0.2, 0) is 4.79 Å². The van der Waals surface area contributed by atoms with Gasteiger partial charge < -0.3 is 10.6 Å². The molecule has 0 aliphatic heterocycles. The number of benzene rings is 1. The van der Waals surface area contributed by atoms with E-state index in [0.717, 1.165) is 6.42 Å². The average molecular weight is 260 g/mol. The third-order valence-electron chi connectivity index (χ3n) is 3.37. The van der Waals surface area contributed by atoms with E-state index in [1.165, 1.54) is 18.4 Å². The zero-order valence-corrected chi connectivity index (χ0v) is 11.9. The molecule has 1 fully saturated rings. The maximum Gasteiger partial charge on any atom is 0.234 e. The summed E-state index contributed by atoms with van der Waals surface area (Å²) in [6.45, 7) is 4.81. The Morgan fingerprint density at radius 2 is 1.95 bits per heavy atom. The number of hydrogen-bond donors (Lipinski definition) is 2. The van der Waals surface area contributed by atoms with Crippen LogP contribution in [0.1, 0.15) is 44.7 Å². The highest BCUT2D eigenvalue weighted by Crippen LogP contribution is 2.21. The molecule has 1 amide bonds. The predicted molar refractivity (Wildman–Crippen MR) is 77.8 cm³/mol. The standard InChI is InChI=1S/C16H24N2O/c1-12(2)10-15(13-6-4-3-5-7-13)18-16(19)11-17-14-8-9-14/h3-7,12,14-15,17H,8-11H2,1-2H3,(H,18,19). The van der Waals surface area contributed by atoms with Gasteiger partial charge in [-0.3, -0.25) is 4.79 Å². The molecule has 0 saturated heterocycles. The van der Waals surface area contributed by atoms with Gasteiger partial charge in [0.1, 0.15) is 0 Å². The molecule has 0 aromatic heterocycles. The quantitative estimate of drug-likeness (QED) is 0.791. The maximum atomic E-state index is 12.0. The lowest BCUT2D eigenvalue weighted by Gasteiger charge is -2.21. The van der Waals surface area contributed by atoms with E-state index in [1.807, 2.05) is 18.2 Å². The molecule has 0 bridgehead atoms. The normalized spacial score (nSPS) is 16.4. The Kier molecular flexibility index (Phi) is 4.97. The Morgan fingerprint density at radius 1 is 1.26 bits per heavy atom. The van der Waals surface area contributed by atoms with Crippen LogP contribution in [0.4, 0.5) is 0 Å². The molecule has 1 unspecified atom stereocenters. The highest BCUT2D eigenvalue weighted by molar-refractivity contribution is 5.78. The molecule has 1 aliphatic rings. The second-order valence-corrected chi connectivity index (χ2v) is 5.82. The molecular weight excluding hydrogens is 236 g/mol. The van der Waals surface area contributed by atoms with Crippen LogP contribution in [0.3, 0.4) is 0 Å². The van der Waals surface area contributed by atoms with Crippen LogP contribution in [0, 0.1) is 5.92 Å². The van der Waals surface area contributed by atoms with Crippen LogP contribution in [-0.4, -0.2) is 18.5 Å². The van der Waals surface area contributed by atoms with E-state index in [2.05, 4.69) is 36.6 Å². The first-order valence-electron chi connectivity index (χ1n) is 7.23. The van der Waals surface area contributed by atoms with Gasteiger partial charge in [-0.2, -0.15) is 0 Å². The minimum Gasteiger partial charge on any atom is -0.348 e. The van der Waals surface area contributed by atoms with Crippen LogP contribution in [0.5, 0.6) is 0 Å². The minimum absolute atomic E-state index is 0.0985. The fourth-order valence-electron chi connectivity index (χ4n) is 2.20. The summed E-state index contributed by atoms with van der Waals surface area (Å²) >= 11 is 0. The van der Waals surface area contributed by atoms with Gasteiger partial charge in [-0.25, -0.2) is 0 Å². The zero-order valence-electron chi connectivity index (χ0n) is 11.9. The van der Waals surface area contributed by atoms with Crippen LogP contribution in [0.2, 0.25) is 0 Å². The van der Waals surface area contributed by atoms with Gasteiger partial charge in [-0.15, -0.1) is 0 Å². The Labute approximate surface area is 115 Å². The van der Waals surface area contributed by atoms with Gasteiger partial charge in [0, 0.05) is 6.04 Å². The van der Waals surface area contributed by atoms with Gasteiger partial charge in [0.2, 0.25) is 5.91 Å². The molecule has 2 rings (SSSR count). The molecule has 1 aromatic carbocycles. The van der Waals surface area contributed by atoms with Crippen LogP contribution >= 0.6 is 0 Å². The highest BCUT2D eigenvalue weighted by atomic mass is 16.2. The summed E-state index contributed by atoms with van der Waals surface area (Å²) in [4.78, 5) is 12.0. The Bertz CT molecular complexity index is 398. The lowest BCUT2D eigenvalue weighted by molar-refractivity contribution is -0.121. The fourth-order valence-corrected chi connectivity index (χ4v) is 2.20. The number of rotatable bonds is 7. The van der Waals surface area contributed by atoms with Gasteiger partial charge in [-0.1, -0.05) is 44.2 Å². The van der Waals surface area contributed by atoms with Crippen LogP contribution in [0.25, 0.3) is 0 Å². The van der Waals surface area contributed by atoms with Gasteiger partial charge in [0.15, 0.2) is 0 Å². The van der Waals surface area contributed by atoms with Gasteiger partial charge in [0.05, 0.1) is 12.6 Å². The van der Waals surface area contributed by atoms with Crippen LogP contribution in [0.15, 0.2) is 30.3 Å². The van der Waals surface area contributed by atoms with Crippen molar-refractivity contribution >= 4 is 5.91 Å². The van der Waals surface area contributed by atoms with Crippen LogP contribution < -0.4 is 10.6 Å². The molecule has 0 spiro atoms. The topological polar surface area (TPSA) is 41.1 Å². The van der Waals surface area contributed by atoms with E-state index in [0.29, 0.717) is 18.5 Å². The largest absolute Gasteiger partial charge is 0.348 e. The van der Waals surface area contributed by atoms with Crippen molar-refractivity contribution < 1.29 is 4.79 Å². The SMILES string of the molecule is CC(C)CC(NC(=O)CNC1CC1)c1ccccc1. The Hall–Kier alpha value is -1.35. The number of hydrogen-bond acceptors (Lipinski definition) is 2. The molecule has 2 N–H and O–H groups in total. The van der Waals surface area contributed by atoms with E-state index in [9.17, 15) is 4.79 Å². The average Bonchev–Trinajstić information content (AvgIpc) is 3.20. The van der Waals surface area contributed by atoms with E-state index in [-0.39, 0.29) is 11.9 Å². The summed E-state index contributed by atoms with van der Waals surface area (Å²) in [7, 11) is 0. The van der Waals surface area contributed by atoms with Crippen molar-refractivity contribution in [3.05, 3.63) is 35.9 Å². The van der Waals surface area contributed by atoms with Crippen molar-refractivity contribution in [2.45, 2.75) is 45.2 Å². The maximum absolute atomic E-state index is 12.0. The zero-order chi connectivity index (χ0) is 13.7. The van der Waals surface area contributed by atoms with Gasteiger partial charge >= 0.3 is 0 Å². The summed E-state index contributed by atoms with van der Waals surface area (Å²) in [5.74, 6) is 0.656. The van der Waals surface area contributed by atoms with Gasteiger partial charge in [-0.05, 0) is 30.7 Å². The second kappa shape index (κ2) is 6.71. The summed E-state index contributed by atoms with van der Waals surface area (Å²) in [5.41, 5.74) is 1.19. The third-order valence-corrected chi connectivity index (χ3v) is 3.37. The smallest absolute Gasteiger partial charge is 0.234 e. The van der Waals surface area contributed by atoms with Crippen molar-refractivity contribution in [2.24, 2.45) is 5.92 Å².